The van der Waals surface area contributed by atoms with Crippen LogP contribution in [0.25, 0.3) is 0 Å². The fourth-order valence-electron chi connectivity index (χ4n) is 2.79. The lowest BCUT2D eigenvalue weighted by atomic mass is 10.2. The van der Waals surface area contributed by atoms with Gasteiger partial charge in [0.1, 0.15) is 5.82 Å². The summed E-state index contributed by atoms with van der Waals surface area (Å²) >= 11 is 7.13. The maximum Gasteiger partial charge on any atom is 0.261 e. The van der Waals surface area contributed by atoms with E-state index in [2.05, 4.69) is 15.2 Å². The molecule has 0 atom stereocenters. The molecule has 25 heavy (non-hydrogen) atoms. The number of nitrogens with one attached hydrogen (secondary N) is 1. The molecule has 0 spiro atoms. The molecular formula is C17H19ClN4O2S. The summed E-state index contributed by atoms with van der Waals surface area (Å²) in [4.78, 5) is 32.7. The summed E-state index contributed by atoms with van der Waals surface area (Å²) in [6, 6.07) is 7.25. The zero-order valence-electron chi connectivity index (χ0n) is 13.9. The standard InChI is InChI=1S/C17H19ClN4O2S/c1-12(23)21-7-9-22(10-8-21)16-13(3-2-6-19-16)11-20-17(24)14-4-5-15(18)25-14/h2-6H,7-11H2,1H3,(H,20,24). The summed E-state index contributed by atoms with van der Waals surface area (Å²) in [6.45, 7) is 4.83. The van der Waals surface area contributed by atoms with Crippen LogP contribution in [0.5, 0.6) is 0 Å². The van der Waals surface area contributed by atoms with Gasteiger partial charge in [-0.3, -0.25) is 9.59 Å². The number of hydrogen-bond donors (Lipinski definition) is 1. The largest absolute Gasteiger partial charge is 0.353 e. The van der Waals surface area contributed by atoms with Crippen molar-refractivity contribution in [2.75, 3.05) is 31.1 Å². The number of aromatic nitrogens is 1. The van der Waals surface area contributed by atoms with Crippen molar-refractivity contribution >= 4 is 40.6 Å². The van der Waals surface area contributed by atoms with Crippen LogP contribution >= 0.6 is 22.9 Å². The summed E-state index contributed by atoms with van der Waals surface area (Å²) in [7, 11) is 0. The quantitative estimate of drug-likeness (QED) is 0.887. The Morgan fingerprint density at radius 3 is 2.64 bits per heavy atom. The van der Waals surface area contributed by atoms with Crippen molar-refractivity contribution in [2.24, 2.45) is 0 Å². The maximum absolute atomic E-state index is 12.2. The average molecular weight is 379 g/mol. The summed E-state index contributed by atoms with van der Waals surface area (Å²) in [5.74, 6) is 0.811. The lowest BCUT2D eigenvalue weighted by molar-refractivity contribution is -0.129. The van der Waals surface area contributed by atoms with Gasteiger partial charge in [0.15, 0.2) is 0 Å². The van der Waals surface area contributed by atoms with Gasteiger partial charge in [-0.25, -0.2) is 4.98 Å². The van der Waals surface area contributed by atoms with Crippen molar-refractivity contribution in [3.8, 4) is 0 Å². The second-order valence-electron chi connectivity index (χ2n) is 5.77. The Labute approximate surface area is 155 Å². The van der Waals surface area contributed by atoms with E-state index in [-0.39, 0.29) is 11.8 Å². The van der Waals surface area contributed by atoms with E-state index in [1.165, 1.54) is 11.3 Å². The van der Waals surface area contributed by atoms with Crippen LogP contribution in [0.15, 0.2) is 30.5 Å². The number of carbonyl (C=O) groups excluding carboxylic acids is 2. The topological polar surface area (TPSA) is 65.5 Å². The van der Waals surface area contributed by atoms with Crippen molar-refractivity contribution in [3.63, 3.8) is 0 Å². The molecule has 1 N–H and O–H groups in total. The highest BCUT2D eigenvalue weighted by molar-refractivity contribution is 7.17. The number of amides is 2. The predicted octanol–water partition coefficient (Wildman–Crippen LogP) is 2.40. The van der Waals surface area contributed by atoms with Gasteiger partial charge in [-0.1, -0.05) is 17.7 Å². The number of hydrogen-bond acceptors (Lipinski definition) is 5. The molecule has 0 unspecified atom stereocenters. The first kappa shape index (κ1) is 17.7. The minimum absolute atomic E-state index is 0.0998. The van der Waals surface area contributed by atoms with Gasteiger partial charge in [0.2, 0.25) is 5.91 Å². The van der Waals surface area contributed by atoms with E-state index in [1.54, 1.807) is 25.3 Å². The fraction of sp³-hybridized carbons (Fsp3) is 0.353. The van der Waals surface area contributed by atoms with Crippen molar-refractivity contribution in [1.29, 1.82) is 0 Å². The van der Waals surface area contributed by atoms with Crippen LogP contribution in [-0.2, 0) is 11.3 Å². The van der Waals surface area contributed by atoms with E-state index in [0.717, 1.165) is 24.5 Å². The van der Waals surface area contributed by atoms with Crippen molar-refractivity contribution in [3.05, 3.63) is 45.2 Å². The zero-order chi connectivity index (χ0) is 17.8. The van der Waals surface area contributed by atoms with Gasteiger partial charge in [0, 0.05) is 51.4 Å². The molecule has 0 saturated carbocycles. The Bertz CT molecular complexity index is 772. The van der Waals surface area contributed by atoms with Gasteiger partial charge in [0.25, 0.3) is 5.91 Å². The maximum atomic E-state index is 12.2. The molecule has 0 aliphatic carbocycles. The Morgan fingerprint density at radius 1 is 1.24 bits per heavy atom. The molecule has 8 heteroatoms. The van der Waals surface area contributed by atoms with E-state index in [4.69, 9.17) is 11.6 Å². The number of pyridine rings is 1. The number of piperazine rings is 1. The number of rotatable bonds is 4. The van der Waals surface area contributed by atoms with Gasteiger partial charge in [-0.05, 0) is 18.2 Å². The summed E-state index contributed by atoms with van der Waals surface area (Å²) in [5.41, 5.74) is 0.953. The first-order chi connectivity index (χ1) is 12.0. The minimum Gasteiger partial charge on any atom is -0.353 e. The molecule has 1 saturated heterocycles. The minimum atomic E-state index is -0.145. The first-order valence-corrected chi connectivity index (χ1v) is 9.22. The summed E-state index contributed by atoms with van der Waals surface area (Å²) in [5, 5.41) is 2.92. The molecule has 2 aromatic heterocycles. The van der Waals surface area contributed by atoms with E-state index in [1.807, 2.05) is 17.0 Å². The number of nitrogens with zero attached hydrogens (tertiary/aromatic N) is 3. The third-order valence-electron chi connectivity index (χ3n) is 4.13. The number of thiophene rings is 1. The van der Waals surface area contributed by atoms with Crippen molar-refractivity contribution < 1.29 is 9.59 Å². The number of halogens is 1. The number of anilines is 1. The van der Waals surface area contributed by atoms with Crippen LogP contribution < -0.4 is 10.2 Å². The molecular weight excluding hydrogens is 360 g/mol. The highest BCUT2D eigenvalue weighted by Gasteiger charge is 2.21. The highest BCUT2D eigenvalue weighted by atomic mass is 35.5. The van der Waals surface area contributed by atoms with Crippen LogP contribution in [0.1, 0.15) is 22.2 Å². The molecule has 1 aliphatic rings. The van der Waals surface area contributed by atoms with Gasteiger partial charge < -0.3 is 15.1 Å². The number of carbonyl (C=O) groups is 2. The lowest BCUT2D eigenvalue weighted by Gasteiger charge is -2.35. The van der Waals surface area contributed by atoms with Crippen LogP contribution in [0.3, 0.4) is 0 Å². The summed E-state index contributed by atoms with van der Waals surface area (Å²) < 4.78 is 0.593. The Morgan fingerprint density at radius 2 is 2.00 bits per heavy atom. The third-order valence-corrected chi connectivity index (χ3v) is 5.36. The second-order valence-corrected chi connectivity index (χ2v) is 7.48. The highest BCUT2D eigenvalue weighted by Crippen LogP contribution is 2.22. The van der Waals surface area contributed by atoms with Gasteiger partial charge in [-0.15, -0.1) is 11.3 Å². The zero-order valence-corrected chi connectivity index (χ0v) is 15.4. The van der Waals surface area contributed by atoms with E-state index in [0.29, 0.717) is 28.8 Å². The molecule has 0 bridgehead atoms. The Hall–Kier alpha value is -2.12. The molecule has 6 nitrogen and oxygen atoms in total. The monoisotopic (exact) mass is 378 g/mol. The molecule has 3 heterocycles. The predicted molar refractivity (Wildman–Crippen MR) is 99.2 cm³/mol. The molecule has 0 radical (unpaired) electrons. The van der Waals surface area contributed by atoms with E-state index in [9.17, 15) is 9.59 Å². The van der Waals surface area contributed by atoms with Crippen LogP contribution in [0.4, 0.5) is 5.82 Å². The lowest BCUT2D eigenvalue weighted by Crippen LogP contribution is -2.48. The average Bonchev–Trinajstić information content (AvgIpc) is 3.06. The van der Waals surface area contributed by atoms with Gasteiger partial charge >= 0.3 is 0 Å². The Balaban J connectivity index is 1.65. The van der Waals surface area contributed by atoms with E-state index >= 15 is 0 Å². The van der Waals surface area contributed by atoms with Gasteiger partial charge in [0.05, 0.1) is 9.21 Å². The normalized spacial score (nSPS) is 14.5. The fourth-order valence-corrected chi connectivity index (χ4v) is 3.74. The van der Waals surface area contributed by atoms with Crippen LogP contribution in [0, 0.1) is 0 Å². The molecule has 2 aromatic rings. The molecule has 2 amide bonds. The molecule has 3 rings (SSSR count). The SMILES string of the molecule is CC(=O)N1CCN(c2ncccc2CNC(=O)c2ccc(Cl)s2)CC1. The van der Waals surface area contributed by atoms with Crippen molar-refractivity contribution in [2.45, 2.75) is 13.5 Å². The second kappa shape index (κ2) is 7.84. The van der Waals surface area contributed by atoms with Gasteiger partial charge in [-0.2, -0.15) is 0 Å². The molecule has 1 aliphatic heterocycles. The molecule has 1 fully saturated rings. The first-order valence-electron chi connectivity index (χ1n) is 8.02. The van der Waals surface area contributed by atoms with Crippen molar-refractivity contribution in [1.82, 2.24) is 15.2 Å². The third kappa shape index (κ3) is 4.29. The molecule has 0 aromatic carbocycles. The van der Waals surface area contributed by atoms with Crippen LogP contribution in [0.2, 0.25) is 4.34 Å². The smallest absolute Gasteiger partial charge is 0.261 e. The molecule has 132 valence electrons. The van der Waals surface area contributed by atoms with Crippen LogP contribution in [-0.4, -0.2) is 47.9 Å². The Kier molecular flexibility index (Phi) is 5.55. The summed E-state index contributed by atoms with van der Waals surface area (Å²) in [6.07, 6.45) is 1.75. The van der Waals surface area contributed by atoms with E-state index < -0.39 is 0 Å².